The van der Waals surface area contributed by atoms with Gasteiger partial charge in [-0.25, -0.2) is 0 Å². The number of rotatable bonds is 4. The molecule has 1 saturated heterocycles. The molecule has 15 heavy (non-hydrogen) atoms. The van der Waals surface area contributed by atoms with E-state index in [4.69, 9.17) is 5.11 Å². The molecule has 1 rings (SSSR count). The fourth-order valence-electron chi connectivity index (χ4n) is 1.66. The van der Waals surface area contributed by atoms with E-state index in [0.29, 0.717) is 19.4 Å². The van der Waals surface area contributed by atoms with Crippen molar-refractivity contribution in [1.82, 2.24) is 10.2 Å². The number of nitrogens with zero attached hydrogens (tertiary/aromatic N) is 1. The van der Waals surface area contributed by atoms with Gasteiger partial charge < -0.3 is 10.0 Å². The zero-order valence-corrected chi connectivity index (χ0v) is 9.41. The molecule has 1 aliphatic rings. The molecule has 0 saturated carbocycles. The second-order valence-electron chi connectivity index (χ2n) is 4.24. The van der Waals surface area contributed by atoms with Crippen LogP contribution in [-0.2, 0) is 9.59 Å². The van der Waals surface area contributed by atoms with Crippen molar-refractivity contribution in [3.8, 4) is 0 Å². The van der Waals surface area contributed by atoms with Crippen LogP contribution in [0.4, 0.5) is 0 Å². The van der Waals surface area contributed by atoms with Gasteiger partial charge in [0.25, 0.3) is 0 Å². The van der Waals surface area contributed by atoms with E-state index < -0.39 is 11.5 Å². The summed E-state index contributed by atoms with van der Waals surface area (Å²) in [6.45, 7) is 4.10. The summed E-state index contributed by atoms with van der Waals surface area (Å²) in [5.41, 5.74) is -1.01. The number of hydrogen-bond acceptors (Lipinski definition) is 3. The molecule has 2 unspecified atom stereocenters. The lowest BCUT2D eigenvalue weighted by molar-refractivity contribution is -0.145. The van der Waals surface area contributed by atoms with E-state index in [-0.39, 0.29) is 11.9 Å². The van der Waals surface area contributed by atoms with E-state index in [1.165, 1.54) is 0 Å². The largest absolute Gasteiger partial charge is 0.480 e. The molecule has 1 heterocycles. The maximum absolute atomic E-state index is 11.6. The number of nitrogens with one attached hydrogen (secondary N) is 1. The SMILES string of the molecule is CCC(C)(NC1CCN(C)C1=O)C(=O)O. The molecule has 5 nitrogen and oxygen atoms in total. The molecular formula is C10H18N2O3. The van der Waals surface area contributed by atoms with Gasteiger partial charge in [0.1, 0.15) is 5.54 Å². The highest BCUT2D eigenvalue weighted by Gasteiger charge is 2.38. The van der Waals surface area contributed by atoms with Gasteiger partial charge in [-0.1, -0.05) is 6.92 Å². The third kappa shape index (κ3) is 2.28. The Morgan fingerprint density at radius 3 is 2.67 bits per heavy atom. The van der Waals surface area contributed by atoms with Crippen molar-refractivity contribution in [1.29, 1.82) is 0 Å². The number of carboxylic acid groups (broad SMARTS) is 1. The number of carbonyl (C=O) groups is 2. The first-order chi connectivity index (χ1) is 6.90. The second kappa shape index (κ2) is 4.18. The van der Waals surface area contributed by atoms with Gasteiger partial charge in [-0.2, -0.15) is 0 Å². The van der Waals surface area contributed by atoms with Gasteiger partial charge in [0.2, 0.25) is 5.91 Å². The maximum Gasteiger partial charge on any atom is 0.323 e. The second-order valence-corrected chi connectivity index (χ2v) is 4.24. The van der Waals surface area contributed by atoms with E-state index in [1.807, 2.05) is 0 Å². The van der Waals surface area contributed by atoms with Crippen LogP contribution in [0.15, 0.2) is 0 Å². The average molecular weight is 214 g/mol. The Morgan fingerprint density at radius 2 is 2.33 bits per heavy atom. The first-order valence-corrected chi connectivity index (χ1v) is 5.17. The Labute approximate surface area is 89.4 Å². The molecule has 0 aromatic rings. The van der Waals surface area contributed by atoms with Crippen molar-refractivity contribution in [2.75, 3.05) is 13.6 Å². The summed E-state index contributed by atoms with van der Waals surface area (Å²) in [7, 11) is 1.73. The number of carboxylic acids is 1. The van der Waals surface area contributed by atoms with Gasteiger partial charge in [-0.15, -0.1) is 0 Å². The number of amides is 1. The van der Waals surface area contributed by atoms with Crippen LogP contribution < -0.4 is 5.32 Å². The molecule has 2 atom stereocenters. The normalized spacial score (nSPS) is 25.4. The van der Waals surface area contributed by atoms with Crippen molar-refractivity contribution in [2.45, 2.75) is 38.3 Å². The zero-order chi connectivity index (χ0) is 11.6. The van der Waals surface area contributed by atoms with Crippen molar-refractivity contribution in [2.24, 2.45) is 0 Å². The molecule has 0 aromatic carbocycles. The first-order valence-electron chi connectivity index (χ1n) is 5.17. The minimum absolute atomic E-state index is 0.0177. The van der Waals surface area contributed by atoms with Crippen LogP contribution >= 0.6 is 0 Å². The summed E-state index contributed by atoms with van der Waals surface area (Å²) >= 11 is 0. The van der Waals surface area contributed by atoms with Gasteiger partial charge in [0.05, 0.1) is 6.04 Å². The molecular weight excluding hydrogens is 196 g/mol. The monoisotopic (exact) mass is 214 g/mol. The van der Waals surface area contributed by atoms with Crippen molar-refractivity contribution < 1.29 is 14.7 Å². The van der Waals surface area contributed by atoms with Crippen LogP contribution in [0.5, 0.6) is 0 Å². The Morgan fingerprint density at radius 1 is 1.73 bits per heavy atom. The van der Waals surface area contributed by atoms with Crippen LogP contribution in [0.25, 0.3) is 0 Å². The number of likely N-dealkylation sites (tertiary alicyclic amines) is 1. The van der Waals surface area contributed by atoms with Gasteiger partial charge in [-0.3, -0.25) is 14.9 Å². The third-order valence-electron chi connectivity index (χ3n) is 3.10. The lowest BCUT2D eigenvalue weighted by Crippen LogP contribution is -2.55. The summed E-state index contributed by atoms with van der Waals surface area (Å²) in [5.74, 6) is -0.928. The topological polar surface area (TPSA) is 69.6 Å². The Kier molecular flexibility index (Phi) is 3.34. The molecule has 86 valence electrons. The first kappa shape index (κ1) is 12.0. The predicted octanol–water partition coefficient (Wildman–Crippen LogP) is 0.0600. The lowest BCUT2D eigenvalue weighted by Gasteiger charge is -2.27. The molecule has 0 aromatic heterocycles. The van der Waals surface area contributed by atoms with Crippen molar-refractivity contribution in [3.05, 3.63) is 0 Å². The molecule has 0 bridgehead atoms. The Bertz CT molecular complexity index is 280. The predicted molar refractivity (Wildman–Crippen MR) is 55.5 cm³/mol. The van der Waals surface area contributed by atoms with Crippen LogP contribution in [0, 0.1) is 0 Å². The van der Waals surface area contributed by atoms with Crippen LogP contribution in [0.1, 0.15) is 26.7 Å². The number of hydrogen-bond donors (Lipinski definition) is 2. The molecule has 1 amide bonds. The molecule has 0 radical (unpaired) electrons. The fraction of sp³-hybridized carbons (Fsp3) is 0.800. The van der Waals surface area contributed by atoms with E-state index in [9.17, 15) is 9.59 Å². The minimum atomic E-state index is -1.01. The van der Waals surface area contributed by atoms with Crippen molar-refractivity contribution in [3.63, 3.8) is 0 Å². The molecule has 5 heteroatoms. The van der Waals surface area contributed by atoms with Crippen molar-refractivity contribution >= 4 is 11.9 Å². The number of carbonyl (C=O) groups excluding carboxylic acids is 1. The summed E-state index contributed by atoms with van der Waals surface area (Å²) in [6, 6.07) is -0.351. The van der Waals surface area contributed by atoms with Gasteiger partial charge in [0, 0.05) is 13.6 Å². The number of aliphatic carboxylic acids is 1. The molecule has 0 spiro atoms. The van der Waals surface area contributed by atoms with E-state index >= 15 is 0 Å². The zero-order valence-electron chi connectivity index (χ0n) is 9.41. The summed E-state index contributed by atoms with van der Waals surface area (Å²) in [5, 5.41) is 12.0. The summed E-state index contributed by atoms with van der Waals surface area (Å²) in [6.07, 6.45) is 1.13. The highest BCUT2D eigenvalue weighted by molar-refractivity contribution is 5.85. The molecule has 1 aliphatic heterocycles. The van der Waals surface area contributed by atoms with Crippen LogP contribution in [-0.4, -0.2) is 47.1 Å². The van der Waals surface area contributed by atoms with E-state index in [1.54, 1.807) is 25.8 Å². The average Bonchev–Trinajstić information content (AvgIpc) is 2.49. The minimum Gasteiger partial charge on any atom is -0.480 e. The molecule has 2 N–H and O–H groups in total. The molecule has 1 fully saturated rings. The lowest BCUT2D eigenvalue weighted by atomic mass is 9.97. The van der Waals surface area contributed by atoms with Gasteiger partial charge >= 0.3 is 5.97 Å². The van der Waals surface area contributed by atoms with Crippen LogP contribution in [0.3, 0.4) is 0 Å². The Balaban J connectivity index is 2.68. The standard InChI is InChI=1S/C10H18N2O3/c1-4-10(2,9(14)15)11-7-5-6-12(3)8(7)13/h7,11H,4-6H2,1-3H3,(H,14,15). The summed E-state index contributed by atoms with van der Waals surface area (Å²) < 4.78 is 0. The fourth-order valence-corrected chi connectivity index (χ4v) is 1.66. The highest BCUT2D eigenvalue weighted by Crippen LogP contribution is 2.16. The Hall–Kier alpha value is -1.10. The number of likely N-dealkylation sites (N-methyl/N-ethyl adjacent to an activating group) is 1. The van der Waals surface area contributed by atoms with E-state index in [0.717, 1.165) is 0 Å². The highest BCUT2D eigenvalue weighted by atomic mass is 16.4. The quantitative estimate of drug-likeness (QED) is 0.694. The van der Waals surface area contributed by atoms with E-state index in [2.05, 4.69) is 5.32 Å². The van der Waals surface area contributed by atoms with Gasteiger partial charge in [-0.05, 0) is 19.8 Å². The maximum atomic E-state index is 11.6. The molecule has 0 aliphatic carbocycles. The smallest absolute Gasteiger partial charge is 0.323 e. The third-order valence-corrected chi connectivity index (χ3v) is 3.10. The van der Waals surface area contributed by atoms with Gasteiger partial charge in [0.15, 0.2) is 0 Å². The summed E-state index contributed by atoms with van der Waals surface area (Å²) in [4.78, 5) is 24.3. The van der Waals surface area contributed by atoms with Crippen LogP contribution in [0.2, 0.25) is 0 Å².